The number of rotatable bonds is 6. The summed E-state index contributed by atoms with van der Waals surface area (Å²) in [7, 11) is 0. The molecular weight excluding hydrogens is 288 g/mol. The van der Waals surface area contributed by atoms with Crippen molar-refractivity contribution < 1.29 is 9.53 Å². The van der Waals surface area contributed by atoms with Gasteiger partial charge in [-0.2, -0.15) is 5.26 Å². The van der Waals surface area contributed by atoms with Crippen molar-refractivity contribution in [2.24, 2.45) is 0 Å². The number of hydrogen-bond donors (Lipinski definition) is 1. The Labute approximate surface area is 135 Å². The zero-order valence-electron chi connectivity index (χ0n) is 12.5. The third kappa shape index (κ3) is 4.58. The van der Waals surface area contributed by atoms with E-state index in [0.717, 1.165) is 0 Å². The van der Waals surface area contributed by atoms with Gasteiger partial charge in [0.2, 0.25) is 0 Å². The predicted octanol–water partition coefficient (Wildman–Crippen LogP) is 3.69. The van der Waals surface area contributed by atoms with Gasteiger partial charge in [0.1, 0.15) is 23.1 Å². The molecule has 0 fully saturated rings. The maximum Gasteiger partial charge on any atom is 0.262 e. The smallest absolute Gasteiger partial charge is 0.262 e. The molecule has 0 spiro atoms. The highest BCUT2D eigenvalue weighted by molar-refractivity contribution is 6.02. The highest BCUT2D eigenvalue weighted by Crippen LogP contribution is 2.26. The number of carbonyl (C=O) groups excluding carboxylic acids is 1. The summed E-state index contributed by atoms with van der Waals surface area (Å²) in [4.78, 5) is 11.9. The number of amides is 1. The fraction of sp³-hybridized carbons (Fsp3) is 0.0526. The summed E-state index contributed by atoms with van der Waals surface area (Å²) >= 11 is 0. The van der Waals surface area contributed by atoms with Crippen LogP contribution in [0.15, 0.2) is 72.8 Å². The van der Waals surface area contributed by atoms with Gasteiger partial charge >= 0.3 is 0 Å². The average molecular weight is 304 g/mol. The molecule has 23 heavy (non-hydrogen) atoms. The molecule has 1 amide bonds. The van der Waals surface area contributed by atoms with E-state index in [1.54, 1.807) is 18.2 Å². The van der Waals surface area contributed by atoms with Crippen molar-refractivity contribution in [3.63, 3.8) is 0 Å². The Hall–Kier alpha value is -3.32. The lowest BCUT2D eigenvalue weighted by Gasteiger charge is -2.09. The van der Waals surface area contributed by atoms with Crippen LogP contribution in [0.1, 0.15) is 5.56 Å². The molecule has 0 aliphatic heterocycles. The lowest BCUT2D eigenvalue weighted by molar-refractivity contribution is -0.116. The fourth-order valence-corrected chi connectivity index (χ4v) is 1.87. The van der Waals surface area contributed by atoms with E-state index in [4.69, 9.17) is 4.74 Å². The van der Waals surface area contributed by atoms with Crippen LogP contribution in [-0.4, -0.2) is 12.5 Å². The number of hydrogen-bond acceptors (Lipinski definition) is 3. The summed E-state index contributed by atoms with van der Waals surface area (Å²) in [5, 5.41) is 11.8. The van der Waals surface area contributed by atoms with Crippen LogP contribution in [0.3, 0.4) is 0 Å². The molecule has 2 aromatic rings. The van der Waals surface area contributed by atoms with E-state index in [2.05, 4.69) is 11.9 Å². The monoisotopic (exact) mass is 304 g/mol. The molecule has 0 unspecified atom stereocenters. The zero-order valence-corrected chi connectivity index (χ0v) is 12.5. The standard InChI is InChI=1S/C19H16N2O2/c1-2-12-21-19(22)16(14-20)13-15-8-6-7-11-18(15)23-17-9-4-3-5-10-17/h2-11,13H,1,12H2,(H,21,22). The Kier molecular flexibility index (Phi) is 5.73. The summed E-state index contributed by atoms with van der Waals surface area (Å²) < 4.78 is 5.81. The van der Waals surface area contributed by atoms with Crippen LogP contribution >= 0.6 is 0 Å². The molecule has 0 saturated carbocycles. The molecule has 0 aliphatic carbocycles. The minimum absolute atomic E-state index is 0.0101. The average Bonchev–Trinajstić information content (AvgIpc) is 2.59. The highest BCUT2D eigenvalue weighted by Gasteiger charge is 2.10. The molecule has 0 saturated heterocycles. The summed E-state index contributed by atoms with van der Waals surface area (Å²) in [6, 6.07) is 18.5. The van der Waals surface area contributed by atoms with Gasteiger partial charge in [-0.3, -0.25) is 4.79 Å². The summed E-state index contributed by atoms with van der Waals surface area (Å²) in [5.74, 6) is 0.813. The maximum absolute atomic E-state index is 11.9. The van der Waals surface area contributed by atoms with E-state index in [0.29, 0.717) is 23.6 Å². The third-order valence-electron chi connectivity index (χ3n) is 2.96. The molecule has 0 atom stereocenters. The van der Waals surface area contributed by atoms with Crippen molar-refractivity contribution in [2.45, 2.75) is 0 Å². The largest absolute Gasteiger partial charge is 0.457 e. The van der Waals surface area contributed by atoms with Crippen molar-refractivity contribution in [2.75, 3.05) is 6.54 Å². The molecule has 2 aromatic carbocycles. The van der Waals surface area contributed by atoms with Crippen LogP contribution in [0.2, 0.25) is 0 Å². The van der Waals surface area contributed by atoms with Crippen LogP contribution in [0.5, 0.6) is 11.5 Å². The minimum atomic E-state index is -0.443. The van der Waals surface area contributed by atoms with E-state index in [1.807, 2.05) is 48.5 Å². The molecule has 0 aromatic heterocycles. The van der Waals surface area contributed by atoms with Gasteiger partial charge in [-0.05, 0) is 24.3 Å². The lowest BCUT2D eigenvalue weighted by atomic mass is 10.1. The van der Waals surface area contributed by atoms with Crippen molar-refractivity contribution >= 4 is 12.0 Å². The molecule has 0 bridgehead atoms. The summed E-state index contributed by atoms with van der Waals surface area (Å²) in [6.07, 6.45) is 3.07. The van der Waals surface area contributed by atoms with E-state index in [1.165, 1.54) is 6.08 Å². The molecule has 0 aliphatic rings. The Morgan fingerprint density at radius 3 is 2.57 bits per heavy atom. The van der Waals surface area contributed by atoms with Crippen LogP contribution in [0.4, 0.5) is 0 Å². The first kappa shape index (κ1) is 16.1. The Balaban J connectivity index is 2.28. The number of nitrogens with one attached hydrogen (secondary N) is 1. The Morgan fingerprint density at radius 2 is 1.87 bits per heavy atom. The molecule has 4 nitrogen and oxygen atoms in total. The van der Waals surface area contributed by atoms with E-state index in [9.17, 15) is 10.1 Å². The first-order valence-electron chi connectivity index (χ1n) is 7.07. The topological polar surface area (TPSA) is 62.1 Å². The number of carbonyl (C=O) groups is 1. The van der Waals surface area contributed by atoms with Crippen molar-refractivity contribution in [1.82, 2.24) is 5.32 Å². The molecule has 2 rings (SSSR count). The van der Waals surface area contributed by atoms with Crippen LogP contribution in [-0.2, 0) is 4.79 Å². The van der Waals surface area contributed by atoms with Gasteiger partial charge in [0.15, 0.2) is 0 Å². The summed E-state index contributed by atoms with van der Waals surface area (Å²) in [5.41, 5.74) is 0.664. The van der Waals surface area contributed by atoms with Crippen molar-refractivity contribution in [3.8, 4) is 17.6 Å². The number of nitriles is 1. The summed E-state index contributed by atoms with van der Waals surface area (Å²) in [6.45, 7) is 3.83. The van der Waals surface area contributed by atoms with Crippen LogP contribution in [0.25, 0.3) is 6.08 Å². The lowest BCUT2D eigenvalue weighted by Crippen LogP contribution is -2.24. The highest BCUT2D eigenvalue weighted by atomic mass is 16.5. The fourth-order valence-electron chi connectivity index (χ4n) is 1.87. The molecule has 1 N–H and O–H groups in total. The van der Waals surface area contributed by atoms with Crippen molar-refractivity contribution in [1.29, 1.82) is 5.26 Å². The molecule has 0 heterocycles. The number of benzene rings is 2. The molecule has 114 valence electrons. The van der Waals surface area contributed by atoms with Gasteiger partial charge in [-0.15, -0.1) is 6.58 Å². The quantitative estimate of drug-likeness (QED) is 0.503. The molecule has 4 heteroatoms. The zero-order chi connectivity index (χ0) is 16.5. The van der Waals surface area contributed by atoms with Gasteiger partial charge in [-0.25, -0.2) is 0 Å². The Bertz CT molecular complexity index is 758. The van der Waals surface area contributed by atoms with Gasteiger partial charge in [0, 0.05) is 12.1 Å². The first-order chi connectivity index (χ1) is 11.2. The second-order valence-corrected chi connectivity index (χ2v) is 4.62. The molecular formula is C19H16N2O2. The Morgan fingerprint density at radius 1 is 1.17 bits per heavy atom. The third-order valence-corrected chi connectivity index (χ3v) is 2.96. The number of nitrogens with zero attached hydrogens (tertiary/aromatic N) is 1. The minimum Gasteiger partial charge on any atom is -0.457 e. The van der Waals surface area contributed by atoms with E-state index in [-0.39, 0.29) is 5.57 Å². The van der Waals surface area contributed by atoms with Gasteiger partial charge in [0.25, 0.3) is 5.91 Å². The SMILES string of the molecule is C=CCNC(=O)C(C#N)=Cc1ccccc1Oc1ccccc1. The first-order valence-corrected chi connectivity index (χ1v) is 7.07. The maximum atomic E-state index is 11.9. The second kappa shape index (κ2) is 8.20. The predicted molar refractivity (Wildman–Crippen MR) is 89.8 cm³/mol. The van der Waals surface area contributed by atoms with Crippen molar-refractivity contribution in [3.05, 3.63) is 78.4 Å². The normalized spacial score (nSPS) is 10.5. The molecule has 0 radical (unpaired) electrons. The van der Waals surface area contributed by atoms with Crippen LogP contribution < -0.4 is 10.1 Å². The van der Waals surface area contributed by atoms with Gasteiger partial charge < -0.3 is 10.1 Å². The van der Waals surface area contributed by atoms with Gasteiger partial charge in [-0.1, -0.05) is 42.5 Å². The van der Waals surface area contributed by atoms with E-state index >= 15 is 0 Å². The number of para-hydroxylation sites is 2. The number of ether oxygens (including phenoxy) is 1. The van der Waals surface area contributed by atoms with Crippen LogP contribution in [0, 0.1) is 11.3 Å². The second-order valence-electron chi connectivity index (χ2n) is 4.62. The van der Waals surface area contributed by atoms with E-state index < -0.39 is 5.91 Å². The van der Waals surface area contributed by atoms with Gasteiger partial charge in [0.05, 0.1) is 0 Å².